The Morgan fingerprint density at radius 3 is 1.38 bits per heavy atom. The quantitative estimate of drug-likeness (QED) is 0.442. The molecule has 0 N–H and O–H groups in total. The number of hydrogen-bond acceptors (Lipinski definition) is 5. The molecule has 0 aliphatic rings. The van der Waals surface area contributed by atoms with E-state index in [2.05, 4.69) is 4.33 Å². The van der Waals surface area contributed by atoms with E-state index in [1.807, 2.05) is 26.7 Å². The van der Waals surface area contributed by atoms with Gasteiger partial charge in [0, 0.05) is 0 Å². The second-order valence-electron chi connectivity index (χ2n) is 7.45. The van der Waals surface area contributed by atoms with Crippen molar-refractivity contribution in [2.24, 2.45) is 0 Å². The Labute approximate surface area is 99.1 Å². The van der Waals surface area contributed by atoms with Gasteiger partial charge < -0.3 is 0 Å². The molecule has 0 bridgehead atoms. The predicted molar refractivity (Wildman–Crippen MR) is 73.4 cm³/mol. The fourth-order valence-electron chi connectivity index (χ4n) is 0.537. The van der Waals surface area contributed by atoms with E-state index in [9.17, 15) is 8.42 Å². The topological polar surface area (TPSA) is 61.8 Å². The molecule has 0 aliphatic heterocycles. The average molecular weight is 294 g/mol. The summed E-state index contributed by atoms with van der Waals surface area (Å²) in [5.74, 6) is 0. The van der Waals surface area contributed by atoms with Gasteiger partial charge in [-0.1, -0.05) is 0 Å². The van der Waals surface area contributed by atoms with E-state index in [-0.39, 0.29) is 0 Å². The van der Waals surface area contributed by atoms with Crippen LogP contribution in [-0.4, -0.2) is 61.7 Å². The van der Waals surface area contributed by atoms with Crippen molar-refractivity contribution in [1.29, 1.82) is 0 Å². The first kappa shape index (κ1) is 16.7. The van der Waals surface area contributed by atoms with Crippen LogP contribution < -0.4 is 0 Å². The van der Waals surface area contributed by atoms with Crippen LogP contribution in [-0.2, 0) is 23.4 Å². The average Bonchev–Trinajstić information content (AvgIpc) is 1.72. The molecule has 0 aromatic rings. The van der Waals surface area contributed by atoms with Gasteiger partial charge in [-0.25, -0.2) is 0 Å². The summed E-state index contributed by atoms with van der Waals surface area (Å²) in [5, 5.41) is 0. The minimum atomic E-state index is -4.10. The van der Waals surface area contributed by atoms with E-state index in [4.69, 9.17) is 8.64 Å². The first-order valence-electron chi connectivity index (χ1n) is 4.78. The fraction of sp³-hybridized carbons (Fsp3) is 1.00. The van der Waals surface area contributed by atoms with Gasteiger partial charge in [0.2, 0.25) is 0 Å². The molecule has 0 atom stereocenters. The van der Waals surface area contributed by atoms with Crippen LogP contribution in [0.1, 0.15) is 0 Å². The van der Waals surface area contributed by atoms with Gasteiger partial charge in [0.05, 0.1) is 0 Å². The minimum absolute atomic E-state index is 1.77. The summed E-state index contributed by atoms with van der Waals surface area (Å²) in [7, 11) is -4.10. The van der Waals surface area contributed by atoms with E-state index in [0.717, 1.165) is 0 Å². The third kappa shape index (κ3) is 11.2. The van der Waals surface area contributed by atoms with E-state index in [0.29, 0.717) is 0 Å². The SMILES string of the molecule is CP(C)(C)(C)OOS(=O)(=O)OP(C)(C)(C)C. The molecular weight excluding hydrogens is 270 g/mol. The summed E-state index contributed by atoms with van der Waals surface area (Å²) in [6, 6.07) is 0. The zero-order valence-electron chi connectivity index (χ0n) is 11.3. The van der Waals surface area contributed by atoms with Crippen molar-refractivity contribution in [3.05, 3.63) is 0 Å². The molecule has 0 aromatic carbocycles. The van der Waals surface area contributed by atoms with Gasteiger partial charge >= 0.3 is 98.8 Å². The van der Waals surface area contributed by atoms with Crippen molar-refractivity contribution in [3.8, 4) is 0 Å². The Kier molecular flexibility index (Phi) is 4.01. The summed E-state index contributed by atoms with van der Waals surface area (Å²) in [4.78, 5) is 0. The first-order chi connectivity index (χ1) is 6.42. The van der Waals surface area contributed by atoms with Crippen molar-refractivity contribution in [3.63, 3.8) is 0 Å². The van der Waals surface area contributed by atoms with Gasteiger partial charge in [0.1, 0.15) is 0 Å². The van der Waals surface area contributed by atoms with Crippen LogP contribution in [0.15, 0.2) is 0 Å². The Bertz CT molecular complexity index is 352. The summed E-state index contributed by atoms with van der Waals surface area (Å²) < 4.78 is 37.6. The second-order valence-corrected chi connectivity index (χ2v) is 22.8. The van der Waals surface area contributed by atoms with Crippen LogP contribution in [0.25, 0.3) is 0 Å². The van der Waals surface area contributed by atoms with E-state index >= 15 is 0 Å². The summed E-state index contributed by atoms with van der Waals surface area (Å²) >= 11 is 0. The molecule has 102 valence electrons. The number of hydrogen-bond donors (Lipinski definition) is 0. The Morgan fingerprint density at radius 1 is 0.750 bits per heavy atom. The monoisotopic (exact) mass is 294 g/mol. The van der Waals surface area contributed by atoms with Gasteiger partial charge in [0.25, 0.3) is 0 Å². The molecule has 8 heteroatoms. The Morgan fingerprint density at radius 2 is 1.12 bits per heavy atom. The molecule has 0 rings (SSSR count). The summed E-state index contributed by atoms with van der Waals surface area (Å²) in [5.41, 5.74) is 0. The van der Waals surface area contributed by atoms with Crippen LogP contribution in [0, 0.1) is 0 Å². The maximum absolute atomic E-state index is 11.5. The molecule has 0 aliphatic carbocycles. The molecule has 0 amide bonds. The van der Waals surface area contributed by atoms with Crippen LogP contribution >= 0.6 is 13.7 Å². The molecule has 0 radical (unpaired) electrons. The van der Waals surface area contributed by atoms with E-state index < -0.39 is 24.1 Å². The molecule has 5 nitrogen and oxygen atoms in total. The van der Waals surface area contributed by atoms with Crippen molar-refractivity contribution in [1.82, 2.24) is 0 Å². The van der Waals surface area contributed by atoms with Crippen LogP contribution in [0.3, 0.4) is 0 Å². The summed E-state index contributed by atoms with van der Waals surface area (Å²) in [6.07, 6.45) is 0. The van der Waals surface area contributed by atoms with Gasteiger partial charge in [-0.3, -0.25) is 0 Å². The van der Waals surface area contributed by atoms with Crippen LogP contribution in [0.2, 0.25) is 0 Å². The van der Waals surface area contributed by atoms with Crippen molar-refractivity contribution < 1.29 is 21.4 Å². The van der Waals surface area contributed by atoms with Crippen molar-refractivity contribution >= 4 is 24.1 Å². The van der Waals surface area contributed by atoms with Crippen molar-refractivity contribution in [2.75, 3.05) is 53.3 Å². The molecule has 0 saturated heterocycles. The van der Waals surface area contributed by atoms with Gasteiger partial charge in [-0.15, -0.1) is 0 Å². The maximum atomic E-state index is 11.5. The molecule has 0 heterocycles. The second kappa shape index (κ2) is 3.84. The predicted octanol–water partition coefficient (Wildman–Crippen LogP) is 2.17. The van der Waals surface area contributed by atoms with E-state index in [1.165, 1.54) is 0 Å². The standard InChI is InChI=1S/C8H24O5P2S/c1-14(2,3,4)11-12-16(9,10)13-15(5,6,7)8/h1-8H3. The normalized spacial score (nSPS) is 19.5. The molecule has 16 heavy (non-hydrogen) atoms. The third-order valence-electron chi connectivity index (χ3n) is 0.801. The van der Waals surface area contributed by atoms with Gasteiger partial charge in [-0.2, -0.15) is 0 Å². The molecule has 0 saturated carbocycles. The Hall–Kier alpha value is 0.690. The zero-order valence-corrected chi connectivity index (χ0v) is 13.9. The number of rotatable bonds is 5. The molecule has 0 unspecified atom stereocenters. The molecule has 0 aromatic heterocycles. The first-order valence-corrected chi connectivity index (χ1v) is 14.0. The Balaban J connectivity index is 4.66. The third-order valence-corrected chi connectivity index (χ3v) is 4.92. The van der Waals surface area contributed by atoms with E-state index in [1.54, 1.807) is 26.7 Å². The molecule has 0 fully saturated rings. The van der Waals surface area contributed by atoms with Crippen molar-refractivity contribution in [2.45, 2.75) is 0 Å². The van der Waals surface area contributed by atoms with Gasteiger partial charge in [-0.05, 0) is 0 Å². The van der Waals surface area contributed by atoms with Crippen LogP contribution in [0.4, 0.5) is 0 Å². The molecule has 0 spiro atoms. The fourth-order valence-corrected chi connectivity index (χ4v) is 4.83. The molecular formula is C8H24O5P2S. The zero-order chi connectivity index (χ0) is 13.5. The van der Waals surface area contributed by atoms with Gasteiger partial charge in [0.15, 0.2) is 0 Å². The summed E-state index contributed by atoms with van der Waals surface area (Å²) in [6.45, 7) is 9.24. The van der Waals surface area contributed by atoms with Crippen LogP contribution in [0.5, 0.6) is 0 Å².